The molecule has 1 fully saturated rings. The molecule has 1 aromatic rings. The van der Waals surface area contributed by atoms with E-state index in [2.05, 4.69) is 0 Å². The second kappa shape index (κ2) is 10.7. The highest BCUT2D eigenvalue weighted by atomic mass is 32.2. The first kappa shape index (κ1) is 25.2. The van der Waals surface area contributed by atoms with E-state index < -0.39 is 29.2 Å². The molecule has 2 aliphatic rings. The molecule has 5 atom stereocenters. The zero-order valence-electron chi connectivity index (χ0n) is 18.5. The second-order valence-electron chi connectivity index (χ2n) is 8.40. The monoisotopic (exact) mass is 484 g/mol. The van der Waals surface area contributed by atoms with Crippen LogP contribution in [-0.2, 0) is 20.3 Å². The van der Waals surface area contributed by atoms with Crippen LogP contribution in [0.5, 0.6) is 5.75 Å². The fraction of sp³-hybridized carbons (Fsp3) is 0.565. The van der Waals surface area contributed by atoms with Crippen LogP contribution in [0.1, 0.15) is 31.7 Å². The molecule has 1 aliphatic carbocycles. The predicted octanol–water partition coefficient (Wildman–Crippen LogP) is 3.59. The Morgan fingerprint density at radius 3 is 2.58 bits per heavy atom. The van der Waals surface area contributed by atoms with Crippen LogP contribution in [0.2, 0.25) is 0 Å². The number of amides is 1. The minimum Gasteiger partial charge on any atom is -0.493 e. The Kier molecular flexibility index (Phi) is 8.19. The number of nitrogens with zero attached hydrogens (tertiary/aromatic N) is 2. The maximum absolute atomic E-state index is 13.2. The standard InChI is InChI=1S/C23H27F3N2O4S/c1-15(23(24,25)26)32-21-8-7-19(33(2)30)11-20(21)22(29)28-10-9-17(13-28)14-31-18-5-3-16(12-27)4-6-18/h3-6,11,15,17,19,21H,7-10,13-14H2,1-2H3/t15-,17?,19?,21?,33?/m0/s1. The molecule has 6 nitrogen and oxygen atoms in total. The Hall–Kier alpha value is -2.38. The van der Waals surface area contributed by atoms with Gasteiger partial charge in [-0.1, -0.05) is 6.08 Å². The summed E-state index contributed by atoms with van der Waals surface area (Å²) in [4.78, 5) is 14.8. The van der Waals surface area contributed by atoms with Gasteiger partial charge in [0.2, 0.25) is 0 Å². The van der Waals surface area contributed by atoms with Crippen LogP contribution >= 0.6 is 0 Å². The molecule has 1 saturated heterocycles. The van der Waals surface area contributed by atoms with Crippen molar-refractivity contribution >= 4 is 16.7 Å². The Balaban J connectivity index is 1.64. The average molecular weight is 485 g/mol. The van der Waals surface area contributed by atoms with Gasteiger partial charge in [0.05, 0.1) is 29.6 Å². The van der Waals surface area contributed by atoms with E-state index in [0.29, 0.717) is 43.9 Å². The maximum Gasteiger partial charge on any atom is 0.414 e. The predicted molar refractivity (Wildman–Crippen MR) is 117 cm³/mol. The zero-order chi connectivity index (χ0) is 24.2. The summed E-state index contributed by atoms with van der Waals surface area (Å²) in [5.41, 5.74) is 0.690. The molecule has 33 heavy (non-hydrogen) atoms. The second-order valence-corrected chi connectivity index (χ2v) is 10.0. The molecule has 4 unspecified atom stereocenters. The number of rotatable bonds is 7. The van der Waals surface area contributed by atoms with Gasteiger partial charge in [0.1, 0.15) is 5.75 Å². The lowest BCUT2D eigenvalue weighted by Crippen LogP contribution is -2.41. The van der Waals surface area contributed by atoms with Crippen LogP contribution in [0.3, 0.4) is 0 Å². The fourth-order valence-electron chi connectivity index (χ4n) is 3.97. The van der Waals surface area contributed by atoms with Crippen LogP contribution in [0, 0.1) is 17.2 Å². The third-order valence-corrected chi connectivity index (χ3v) is 7.20. The van der Waals surface area contributed by atoms with Gasteiger partial charge < -0.3 is 14.4 Å². The van der Waals surface area contributed by atoms with Crippen molar-refractivity contribution in [2.24, 2.45) is 5.92 Å². The molecule has 180 valence electrons. The third-order valence-electron chi connectivity index (χ3n) is 5.97. The Morgan fingerprint density at radius 2 is 1.97 bits per heavy atom. The molecule has 0 saturated carbocycles. The van der Waals surface area contributed by atoms with E-state index >= 15 is 0 Å². The topological polar surface area (TPSA) is 79.6 Å². The number of halogens is 3. The van der Waals surface area contributed by atoms with Gasteiger partial charge in [-0.05, 0) is 50.5 Å². The smallest absolute Gasteiger partial charge is 0.414 e. The summed E-state index contributed by atoms with van der Waals surface area (Å²) in [6.45, 7) is 2.17. The summed E-state index contributed by atoms with van der Waals surface area (Å²) >= 11 is 0. The molecule has 0 N–H and O–H groups in total. The summed E-state index contributed by atoms with van der Waals surface area (Å²) in [6.07, 6.45) is -3.15. The zero-order valence-corrected chi connectivity index (χ0v) is 19.3. The third kappa shape index (κ3) is 6.58. The number of alkyl halides is 3. The van der Waals surface area contributed by atoms with E-state index in [-0.39, 0.29) is 29.1 Å². The summed E-state index contributed by atoms with van der Waals surface area (Å²) < 4.78 is 62.1. The van der Waals surface area contributed by atoms with Crippen molar-refractivity contribution in [3.63, 3.8) is 0 Å². The Morgan fingerprint density at radius 1 is 1.27 bits per heavy atom. The molecule has 0 aromatic heterocycles. The number of likely N-dealkylation sites (tertiary alicyclic amines) is 1. The number of nitriles is 1. The minimum absolute atomic E-state index is 0.0679. The highest BCUT2D eigenvalue weighted by molar-refractivity contribution is 7.85. The molecule has 0 spiro atoms. The number of carbonyl (C=O) groups excluding carboxylic acids is 1. The van der Waals surface area contributed by atoms with Gasteiger partial charge in [-0.3, -0.25) is 9.00 Å². The molecule has 1 heterocycles. The molecule has 10 heteroatoms. The normalized spacial score (nSPS) is 25.2. The summed E-state index contributed by atoms with van der Waals surface area (Å²) in [5.74, 6) is 0.320. The van der Waals surface area contributed by atoms with Crippen LogP contribution in [0.25, 0.3) is 0 Å². The number of benzene rings is 1. The van der Waals surface area contributed by atoms with E-state index in [1.54, 1.807) is 29.2 Å². The van der Waals surface area contributed by atoms with Gasteiger partial charge >= 0.3 is 6.18 Å². The van der Waals surface area contributed by atoms with Gasteiger partial charge in [-0.25, -0.2) is 0 Å². The molecule has 0 radical (unpaired) electrons. The summed E-state index contributed by atoms with van der Waals surface area (Å²) in [5, 5.41) is 8.47. The number of ether oxygens (including phenoxy) is 2. The SMILES string of the molecule is C[C@H](OC1CCC(S(C)=O)C=C1C(=O)N1CCC(COc2ccc(C#N)cc2)C1)C(F)(F)F. The molecular formula is C23H27F3N2O4S. The minimum atomic E-state index is -4.53. The first-order valence-corrected chi connectivity index (χ1v) is 12.4. The molecule has 1 aromatic carbocycles. The first-order chi connectivity index (χ1) is 15.6. The fourth-order valence-corrected chi connectivity index (χ4v) is 4.78. The van der Waals surface area contributed by atoms with E-state index in [1.165, 1.54) is 12.3 Å². The van der Waals surface area contributed by atoms with E-state index in [4.69, 9.17) is 14.7 Å². The molecule has 1 aliphatic heterocycles. The first-order valence-electron chi connectivity index (χ1n) is 10.8. The lowest BCUT2D eigenvalue weighted by atomic mass is 9.94. The van der Waals surface area contributed by atoms with Crippen molar-refractivity contribution in [3.05, 3.63) is 41.5 Å². The lowest BCUT2D eigenvalue weighted by molar-refractivity contribution is -0.224. The van der Waals surface area contributed by atoms with Crippen molar-refractivity contribution in [2.45, 2.75) is 49.8 Å². The van der Waals surface area contributed by atoms with Gasteiger partial charge in [0.15, 0.2) is 6.10 Å². The molecular weight excluding hydrogens is 457 g/mol. The van der Waals surface area contributed by atoms with E-state index in [0.717, 1.165) is 6.92 Å². The van der Waals surface area contributed by atoms with Crippen molar-refractivity contribution < 1.29 is 31.6 Å². The lowest BCUT2D eigenvalue weighted by Gasteiger charge is -2.32. The quantitative estimate of drug-likeness (QED) is 0.591. The van der Waals surface area contributed by atoms with Gasteiger partial charge in [-0.15, -0.1) is 0 Å². The van der Waals surface area contributed by atoms with Crippen molar-refractivity contribution in [1.29, 1.82) is 5.26 Å². The van der Waals surface area contributed by atoms with Crippen molar-refractivity contribution in [1.82, 2.24) is 4.90 Å². The van der Waals surface area contributed by atoms with Crippen LogP contribution in [0.4, 0.5) is 13.2 Å². The van der Waals surface area contributed by atoms with Crippen LogP contribution in [0.15, 0.2) is 35.9 Å². The number of hydrogen-bond donors (Lipinski definition) is 0. The van der Waals surface area contributed by atoms with Crippen molar-refractivity contribution in [2.75, 3.05) is 26.0 Å². The Bertz CT molecular complexity index is 943. The highest BCUT2D eigenvalue weighted by Crippen LogP contribution is 2.32. The Labute approximate surface area is 193 Å². The van der Waals surface area contributed by atoms with E-state index in [1.807, 2.05) is 6.07 Å². The van der Waals surface area contributed by atoms with E-state index in [9.17, 15) is 22.2 Å². The average Bonchev–Trinajstić information content (AvgIpc) is 3.26. The largest absolute Gasteiger partial charge is 0.493 e. The van der Waals surface area contributed by atoms with Gasteiger partial charge in [0.25, 0.3) is 5.91 Å². The maximum atomic E-state index is 13.2. The van der Waals surface area contributed by atoms with Gasteiger partial charge in [0, 0.05) is 41.6 Å². The number of carbonyl (C=O) groups is 1. The summed E-state index contributed by atoms with van der Waals surface area (Å²) in [6, 6.07) is 8.77. The van der Waals surface area contributed by atoms with Crippen molar-refractivity contribution in [3.8, 4) is 11.8 Å². The van der Waals surface area contributed by atoms with Crippen LogP contribution in [-0.4, -0.2) is 64.6 Å². The number of hydrogen-bond acceptors (Lipinski definition) is 5. The molecule has 3 rings (SSSR count). The van der Waals surface area contributed by atoms with Crippen LogP contribution < -0.4 is 4.74 Å². The highest BCUT2D eigenvalue weighted by Gasteiger charge is 2.42. The molecule has 0 bridgehead atoms. The van der Waals surface area contributed by atoms with Gasteiger partial charge in [-0.2, -0.15) is 18.4 Å². The summed E-state index contributed by atoms with van der Waals surface area (Å²) in [7, 11) is -1.23. The molecule has 1 amide bonds.